The lowest BCUT2D eigenvalue weighted by Crippen LogP contribution is -2.30. The number of nitrogens with one attached hydrogen (secondary N) is 1. The van der Waals surface area contributed by atoms with Gasteiger partial charge < -0.3 is 10.4 Å². The van der Waals surface area contributed by atoms with E-state index in [4.69, 9.17) is 5.11 Å². The van der Waals surface area contributed by atoms with Crippen molar-refractivity contribution in [1.82, 2.24) is 0 Å². The molecule has 1 aromatic carbocycles. The number of non-ortho nitro benzene ring substituents is 1. The summed E-state index contributed by atoms with van der Waals surface area (Å²) in [5, 5.41) is 22.0. The molecule has 0 radical (unpaired) electrons. The second-order valence-electron chi connectivity index (χ2n) is 4.93. The number of aliphatic carboxylic acids is 1. The Morgan fingerprint density at radius 2 is 1.95 bits per heavy atom. The van der Waals surface area contributed by atoms with Crippen LogP contribution in [0.3, 0.4) is 0 Å². The van der Waals surface area contributed by atoms with Crippen molar-refractivity contribution in [3.8, 4) is 0 Å². The van der Waals surface area contributed by atoms with Crippen LogP contribution >= 0.6 is 0 Å². The van der Waals surface area contributed by atoms with E-state index in [1.807, 2.05) is 0 Å². The van der Waals surface area contributed by atoms with Gasteiger partial charge in [-0.1, -0.05) is 6.42 Å². The zero-order valence-corrected chi connectivity index (χ0v) is 10.9. The van der Waals surface area contributed by atoms with E-state index in [1.165, 1.54) is 0 Å². The molecule has 0 saturated heterocycles. The molecule has 2 rings (SSSR count). The lowest BCUT2D eigenvalue weighted by molar-refractivity contribution is -0.385. The first kappa shape index (κ1) is 14.9. The average molecular weight is 296 g/mol. The van der Waals surface area contributed by atoms with Crippen LogP contribution < -0.4 is 5.32 Å². The van der Waals surface area contributed by atoms with Crippen LogP contribution in [0.5, 0.6) is 0 Å². The van der Waals surface area contributed by atoms with Crippen LogP contribution in [0, 0.1) is 27.8 Å². The zero-order valence-electron chi connectivity index (χ0n) is 10.9. The summed E-state index contributed by atoms with van der Waals surface area (Å²) in [7, 11) is 0. The van der Waals surface area contributed by atoms with Gasteiger partial charge in [0, 0.05) is 6.07 Å². The number of carboxylic acids is 1. The van der Waals surface area contributed by atoms with E-state index in [0.717, 1.165) is 18.2 Å². The molecule has 2 atom stereocenters. The third kappa shape index (κ3) is 3.33. The number of amides is 1. The van der Waals surface area contributed by atoms with Crippen LogP contribution in [0.15, 0.2) is 18.2 Å². The lowest BCUT2D eigenvalue weighted by Gasteiger charge is -2.15. The molecule has 2 N–H and O–H groups in total. The Labute approximate surface area is 118 Å². The Morgan fingerprint density at radius 1 is 1.29 bits per heavy atom. The molecule has 0 aromatic heterocycles. The van der Waals surface area contributed by atoms with Crippen LogP contribution in [-0.4, -0.2) is 21.9 Å². The minimum absolute atomic E-state index is 0.0530. The number of benzene rings is 1. The number of nitrogens with zero attached hydrogens (tertiary/aromatic N) is 1. The van der Waals surface area contributed by atoms with Gasteiger partial charge >= 0.3 is 5.97 Å². The summed E-state index contributed by atoms with van der Waals surface area (Å²) in [6.45, 7) is 0. The van der Waals surface area contributed by atoms with Crippen molar-refractivity contribution in [2.45, 2.75) is 19.3 Å². The molecule has 0 spiro atoms. The van der Waals surface area contributed by atoms with Gasteiger partial charge in [0.05, 0.1) is 28.5 Å². The summed E-state index contributed by atoms with van der Waals surface area (Å²) < 4.78 is 13.3. The number of halogens is 1. The highest BCUT2D eigenvalue weighted by molar-refractivity contribution is 5.95. The second-order valence-corrected chi connectivity index (χ2v) is 4.93. The van der Waals surface area contributed by atoms with E-state index in [2.05, 4.69) is 5.32 Å². The highest BCUT2D eigenvalue weighted by Gasteiger charge is 2.37. The number of nitro benzene ring substituents is 1. The molecule has 1 saturated carbocycles. The Hall–Kier alpha value is -2.51. The van der Waals surface area contributed by atoms with Gasteiger partial charge in [-0.15, -0.1) is 0 Å². The predicted molar refractivity (Wildman–Crippen MR) is 70.2 cm³/mol. The Morgan fingerprint density at radius 3 is 2.57 bits per heavy atom. The summed E-state index contributed by atoms with van der Waals surface area (Å²) in [6.07, 6.45) is 1.47. The Balaban J connectivity index is 2.16. The Kier molecular flexibility index (Phi) is 4.15. The van der Waals surface area contributed by atoms with Gasteiger partial charge in [-0.3, -0.25) is 19.7 Å². The fraction of sp³-hybridized carbons (Fsp3) is 0.385. The third-order valence-electron chi connectivity index (χ3n) is 3.53. The maximum Gasteiger partial charge on any atom is 0.307 e. The molecule has 0 heterocycles. The van der Waals surface area contributed by atoms with Gasteiger partial charge in [-0.2, -0.15) is 0 Å². The smallest absolute Gasteiger partial charge is 0.307 e. The molecule has 1 amide bonds. The van der Waals surface area contributed by atoms with Gasteiger partial charge in [-0.05, 0) is 18.9 Å². The van der Waals surface area contributed by atoms with Crippen molar-refractivity contribution in [2.24, 2.45) is 11.8 Å². The van der Waals surface area contributed by atoms with Gasteiger partial charge in [0.1, 0.15) is 5.82 Å². The molecule has 21 heavy (non-hydrogen) atoms. The van der Waals surface area contributed by atoms with Crippen molar-refractivity contribution in [3.05, 3.63) is 34.1 Å². The number of carboxylic acid groups (broad SMARTS) is 1. The molecular formula is C13H13FN2O5. The fourth-order valence-corrected chi connectivity index (χ4v) is 2.56. The molecule has 1 aliphatic carbocycles. The topological polar surface area (TPSA) is 110 Å². The third-order valence-corrected chi connectivity index (χ3v) is 3.53. The average Bonchev–Trinajstić information content (AvgIpc) is 2.87. The van der Waals surface area contributed by atoms with Gasteiger partial charge in [0.2, 0.25) is 5.91 Å². The van der Waals surface area contributed by atoms with Crippen molar-refractivity contribution < 1.29 is 24.0 Å². The zero-order chi connectivity index (χ0) is 15.6. The van der Waals surface area contributed by atoms with E-state index in [9.17, 15) is 24.1 Å². The van der Waals surface area contributed by atoms with Crippen molar-refractivity contribution in [3.63, 3.8) is 0 Å². The second kappa shape index (κ2) is 5.86. The number of hydrogen-bond donors (Lipinski definition) is 2. The van der Waals surface area contributed by atoms with Gasteiger partial charge in [0.15, 0.2) is 0 Å². The number of nitro groups is 1. The van der Waals surface area contributed by atoms with E-state index in [-0.39, 0.29) is 5.69 Å². The number of carbonyl (C=O) groups excluding carboxylic acids is 1. The first-order valence-electron chi connectivity index (χ1n) is 6.37. The van der Waals surface area contributed by atoms with Crippen LogP contribution in [0.2, 0.25) is 0 Å². The molecule has 0 bridgehead atoms. The highest BCUT2D eigenvalue weighted by Crippen LogP contribution is 2.33. The number of carbonyl (C=O) groups is 2. The molecule has 8 heteroatoms. The minimum Gasteiger partial charge on any atom is -0.481 e. The normalized spacial score (nSPS) is 21.0. The van der Waals surface area contributed by atoms with Crippen LogP contribution in [0.25, 0.3) is 0 Å². The van der Waals surface area contributed by atoms with E-state index in [0.29, 0.717) is 19.3 Å². The van der Waals surface area contributed by atoms with Crippen molar-refractivity contribution in [2.75, 3.05) is 5.32 Å². The monoisotopic (exact) mass is 296 g/mol. The van der Waals surface area contributed by atoms with E-state index in [1.54, 1.807) is 0 Å². The first-order chi connectivity index (χ1) is 9.88. The number of rotatable bonds is 4. The van der Waals surface area contributed by atoms with E-state index >= 15 is 0 Å². The van der Waals surface area contributed by atoms with Crippen molar-refractivity contribution >= 4 is 23.3 Å². The summed E-state index contributed by atoms with van der Waals surface area (Å²) in [5.74, 6) is -3.92. The fourth-order valence-electron chi connectivity index (χ4n) is 2.56. The van der Waals surface area contributed by atoms with E-state index < -0.39 is 40.1 Å². The molecule has 7 nitrogen and oxygen atoms in total. The molecular weight excluding hydrogens is 283 g/mol. The largest absolute Gasteiger partial charge is 0.481 e. The quantitative estimate of drug-likeness (QED) is 0.653. The maximum absolute atomic E-state index is 13.3. The summed E-state index contributed by atoms with van der Waals surface area (Å²) in [4.78, 5) is 33.0. The van der Waals surface area contributed by atoms with Crippen LogP contribution in [-0.2, 0) is 9.59 Å². The number of hydrogen-bond acceptors (Lipinski definition) is 4. The molecule has 0 aliphatic heterocycles. The van der Waals surface area contributed by atoms with Crippen LogP contribution in [0.1, 0.15) is 19.3 Å². The van der Waals surface area contributed by atoms with Gasteiger partial charge in [-0.25, -0.2) is 4.39 Å². The molecule has 1 aromatic rings. The highest BCUT2D eigenvalue weighted by atomic mass is 19.1. The predicted octanol–water partition coefficient (Wildman–Crippen LogP) is 2.17. The standard InChI is InChI=1S/C13H13FN2O5/c14-7-4-8(6-9(5-7)16(20)21)15-12(17)10-2-1-3-11(10)13(18)19/h4-6,10-11H,1-3H2,(H,15,17)(H,18,19)/t10-,11+/m1/s1. The molecule has 112 valence electrons. The molecule has 1 fully saturated rings. The van der Waals surface area contributed by atoms with Crippen LogP contribution in [0.4, 0.5) is 15.8 Å². The molecule has 1 aliphatic rings. The minimum atomic E-state index is -1.04. The molecule has 0 unspecified atom stereocenters. The number of anilines is 1. The Bertz CT molecular complexity index is 604. The lowest BCUT2D eigenvalue weighted by atomic mass is 9.95. The van der Waals surface area contributed by atoms with Crippen molar-refractivity contribution in [1.29, 1.82) is 0 Å². The summed E-state index contributed by atoms with van der Waals surface area (Å²) in [5.41, 5.74) is -0.533. The summed E-state index contributed by atoms with van der Waals surface area (Å²) >= 11 is 0. The van der Waals surface area contributed by atoms with Gasteiger partial charge in [0.25, 0.3) is 5.69 Å². The maximum atomic E-state index is 13.3. The first-order valence-corrected chi connectivity index (χ1v) is 6.37. The summed E-state index contributed by atoms with van der Waals surface area (Å²) in [6, 6.07) is 2.73. The SMILES string of the molecule is O=C(O)[C@H]1CCC[C@H]1C(=O)Nc1cc(F)cc([N+](=O)[O-])c1.